The lowest BCUT2D eigenvalue weighted by molar-refractivity contribution is -0.121. The van der Waals surface area contributed by atoms with Crippen LogP contribution in [0.25, 0.3) is 0 Å². The topological polar surface area (TPSA) is 102 Å². The number of aromatic nitrogens is 4. The van der Waals surface area contributed by atoms with Gasteiger partial charge in [-0.15, -0.1) is 0 Å². The van der Waals surface area contributed by atoms with Gasteiger partial charge in [-0.3, -0.25) is 14.2 Å². The van der Waals surface area contributed by atoms with Gasteiger partial charge in [0.25, 0.3) is 0 Å². The minimum atomic E-state index is -1.08. The van der Waals surface area contributed by atoms with Crippen molar-refractivity contribution in [2.75, 3.05) is 6.54 Å². The molecule has 0 saturated heterocycles. The van der Waals surface area contributed by atoms with Crippen LogP contribution in [-0.4, -0.2) is 43.1 Å². The molecule has 0 saturated carbocycles. The standard InChI is InChI=1S/C14H19N5O3/c1-10-9-11(2)19(16-10)8-5-15-13(20)4-7-18-6-3-12(17-18)14(21)22/h3,6,9H,4-5,7-8H2,1-2H3,(H,15,20)(H,21,22). The molecule has 0 bridgehead atoms. The second kappa shape index (κ2) is 6.88. The van der Waals surface area contributed by atoms with Crippen molar-refractivity contribution in [2.24, 2.45) is 0 Å². The molecular formula is C14H19N5O3. The van der Waals surface area contributed by atoms with E-state index in [1.165, 1.54) is 10.7 Å². The highest BCUT2D eigenvalue weighted by molar-refractivity contribution is 5.85. The van der Waals surface area contributed by atoms with Crippen molar-refractivity contribution in [3.05, 3.63) is 35.4 Å². The Balaban J connectivity index is 1.71. The summed E-state index contributed by atoms with van der Waals surface area (Å²) >= 11 is 0. The molecule has 2 aromatic heterocycles. The Labute approximate surface area is 127 Å². The van der Waals surface area contributed by atoms with E-state index in [9.17, 15) is 9.59 Å². The second-order valence-electron chi connectivity index (χ2n) is 5.02. The molecule has 2 rings (SSSR count). The third-order valence-electron chi connectivity index (χ3n) is 3.18. The number of carbonyl (C=O) groups is 2. The average Bonchev–Trinajstić information content (AvgIpc) is 3.04. The van der Waals surface area contributed by atoms with E-state index in [2.05, 4.69) is 15.5 Å². The van der Waals surface area contributed by atoms with Crippen molar-refractivity contribution in [3.8, 4) is 0 Å². The Hall–Kier alpha value is -2.64. The van der Waals surface area contributed by atoms with E-state index in [0.29, 0.717) is 19.6 Å². The second-order valence-corrected chi connectivity index (χ2v) is 5.02. The Kier molecular flexibility index (Phi) is 4.92. The maximum Gasteiger partial charge on any atom is 0.356 e. The van der Waals surface area contributed by atoms with Gasteiger partial charge in [0.1, 0.15) is 0 Å². The summed E-state index contributed by atoms with van der Waals surface area (Å²) in [4.78, 5) is 22.4. The summed E-state index contributed by atoms with van der Waals surface area (Å²) in [5.74, 6) is -1.18. The summed E-state index contributed by atoms with van der Waals surface area (Å²) in [5.41, 5.74) is 1.99. The molecule has 0 fully saturated rings. The molecule has 22 heavy (non-hydrogen) atoms. The van der Waals surface area contributed by atoms with E-state index in [-0.39, 0.29) is 18.0 Å². The van der Waals surface area contributed by atoms with Crippen LogP contribution in [-0.2, 0) is 17.9 Å². The summed E-state index contributed by atoms with van der Waals surface area (Å²) in [6, 6.07) is 3.39. The van der Waals surface area contributed by atoms with Crippen LogP contribution in [0.15, 0.2) is 18.3 Å². The number of nitrogens with one attached hydrogen (secondary N) is 1. The SMILES string of the molecule is Cc1cc(C)n(CCNC(=O)CCn2ccc(C(=O)O)n2)n1. The molecule has 0 radical (unpaired) electrons. The normalized spacial score (nSPS) is 10.6. The molecule has 8 nitrogen and oxygen atoms in total. The molecule has 0 atom stereocenters. The van der Waals surface area contributed by atoms with Crippen LogP contribution in [0.2, 0.25) is 0 Å². The largest absolute Gasteiger partial charge is 0.476 e. The molecule has 0 aromatic carbocycles. The molecule has 1 amide bonds. The molecule has 0 spiro atoms. The molecule has 0 aliphatic heterocycles. The number of carboxylic acids is 1. The molecular weight excluding hydrogens is 286 g/mol. The average molecular weight is 305 g/mol. The number of aromatic carboxylic acids is 1. The van der Waals surface area contributed by atoms with Crippen LogP contribution in [0, 0.1) is 13.8 Å². The first-order valence-electron chi connectivity index (χ1n) is 7.00. The minimum absolute atomic E-state index is 0.0232. The summed E-state index contributed by atoms with van der Waals surface area (Å²) in [6.07, 6.45) is 1.80. The van der Waals surface area contributed by atoms with E-state index in [4.69, 9.17) is 5.11 Å². The van der Waals surface area contributed by atoms with E-state index in [1.807, 2.05) is 24.6 Å². The van der Waals surface area contributed by atoms with Crippen molar-refractivity contribution in [1.29, 1.82) is 0 Å². The first-order valence-corrected chi connectivity index (χ1v) is 7.00. The Bertz CT molecular complexity index is 674. The van der Waals surface area contributed by atoms with Crippen LogP contribution in [0.4, 0.5) is 0 Å². The van der Waals surface area contributed by atoms with Gasteiger partial charge < -0.3 is 10.4 Å². The predicted molar refractivity (Wildman–Crippen MR) is 78.5 cm³/mol. The van der Waals surface area contributed by atoms with Crippen LogP contribution in [0.1, 0.15) is 28.3 Å². The zero-order chi connectivity index (χ0) is 16.1. The summed E-state index contributed by atoms with van der Waals surface area (Å²) < 4.78 is 3.30. The zero-order valence-electron chi connectivity index (χ0n) is 12.6. The van der Waals surface area contributed by atoms with Crippen molar-refractivity contribution < 1.29 is 14.7 Å². The Morgan fingerprint density at radius 1 is 1.27 bits per heavy atom. The zero-order valence-corrected chi connectivity index (χ0v) is 12.6. The number of nitrogens with zero attached hydrogens (tertiary/aromatic N) is 4. The summed E-state index contributed by atoms with van der Waals surface area (Å²) in [7, 11) is 0. The third kappa shape index (κ3) is 4.18. The lowest BCUT2D eigenvalue weighted by atomic mass is 10.4. The van der Waals surface area contributed by atoms with Gasteiger partial charge in [-0.25, -0.2) is 4.79 Å². The highest BCUT2D eigenvalue weighted by atomic mass is 16.4. The number of aryl methyl sites for hydroxylation is 3. The highest BCUT2D eigenvalue weighted by Gasteiger charge is 2.08. The number of carboxylic acid groups (broad SMARTS) is 1. The van der Waals surface area contributed by atoms with Crippen molar-refractivity contribution in [2.45, 2.75) is 33.4 Å². The first kappa shape index (κ1) is 15.7. The number of hydrogen-bond donors (Lipinski definition) is 2. The number of hydrogen-bond acceptors (Lipinski definition) is 4. The fraction of sp³-hybridized carbons (Fsp3) is 0.429. The predicted octanol–water partition coefficient (Wildman–Crippen LogP) is 0.601. The fourth-order valence-corrected chi connectivity index (χ4v) is 2.11. The molecule has 2 aromatic rings. The first-order chi connectivity index (χ1) is 10.5. The van der Waals surface area contributed by atoms with E-state index >= 15 is 0 Å². The molecule has 0 aliphatic rings. The monoisotopic (exact) mass is 305 g/mol. The number of rotatable bonds is 7. The Morgan fingerprint density at radius 3 is 2.64 bits per heavy atom. The van der Waals surface area contributed by atoms with Gasteiger partial charge in [0.2, 0.25) is 5.91 Å². The third-order valence-corrected chi connectivity index (χ3v) is 3.18. The van der Waals surface area contributed by atoms with Crippen LogP contribution in [0.3, 0.4) is 0 Å². The molecule has 2 heterocycles. The number of carbonyl (C=O) groups excluding carboxylic acids is 1. The van der Waals surface area contributed by atoms with Gasteiger partial charge in [-0.2, -0.15) is 10.2 Å². The molecule has 118 valence electrons. The lowest BCUT2D eigenvalue weighted by Gasteiger charge is -2.07. The maximum atomic E-state index is 11.7. The molecule has 8 heteroatoms. The van der Waals surface area contributed by atoms with Gasteiger partial charge in [0, 0.05) is 31.4 Å². The van der Waals surface area contributed by atoms with Gasteiger partial charge in [0.05, 0.1) is 12.2 Å². The summed E-state index contributed by atoms with van der Waals surface area (Å²) in [5, 5.41) is 19.7. The van der Waals surface area contributed by atoms with E-state index < -0.39 is 5.97 Å². The number of amides is 1. The molecule has 2 N–H and O–H groups in total. The minimum Gasteiger partial charge on any atom is -0.476 e. The molecule has 0 unspecified atom stereocenters. The van der Waals surface area contributed by atoms with E-state index in [0.717, 1.165) is 11.4 Å². The van der Waals surface area contributed by atoms with Gasteiger partial charge in [-0.1, -0.05) is 0 Å². The van der Waals surface area contributed by atoms with Crippen LogP contribution >= 0.6 is 0 Å². The highest BCUT2D eigenvalue weighted by Crippen LogP contribution is 2.01. The van der Waals surface area contributed by atoms with Crippen molar-refractivity contribution in [1.82, 2.24) is 24.9 Å². The lowest BCUT2D eigenvalue weighted by Crippen LogP contribution is -2.28. The van der Waals surface area contributed by atoms with Gasteiger partial charge in [0.15, 0.2) is 5.69 Å². The van der Waals surface area contributed by atoms with Crippen LogP contribution in [0.5, 0.6) is 0 Å². The van der Waals surface area contributed by atoms with Crippen molar-refractivity contribution >= 4 is 11.9 Å². The quantitative estimate of drug-likeness (QED) is 0.780. The maximum absolute atomic E-state index is 11.7. The van der Waals surface area contributed by atoms with Crippen LogP contribution < -0.4 is 5.32 Å². The smallest absolute Gasteiger partial charge is 0.356 e. The van der Waals surface area contributed by atoms with Crippen molar-refractivity contribution in [3.63, 3.8) is 0 Å². The fourth-order valence-electron chi connectivity index (χ4n) is 2.11. The van der Waals surface area contributed by atoms with E-state index in [1.54, 1.807) is 6.20 Å². The molecule has 0 aliphatic carbocycles. The summed E-state index contributed by atoms with van der Waals surface area (Å²) in [6.45, 7) is 5.37. The van der Waals surface area contributed by atoms with Gasteiger partial charge >= 0.3 is 5.97 Å². The Morgan fingerprint density at radius 2 is 2.05 bits per heavy atom. The van der Waals surface area contributed by atoms with Gasteiger partial charge in [-0.05, 0) is 26.0 Å².